The largest absolute Gasteiger partial charge is 0.478 e. The van der Waals surface area contributed by atoms with E-state index in [0.29, 0.717) is 16.7 Å². The SMILES string of the molecule is COCC(=C(C(=O)O)c1ccccc1)c1ccc(S(C)(=O)=O)cc1. The number of carbonyl (C=O) groups is 1. The van der Waals surface area contributed by atoms with Gasteiger partial charge in [0, 0.05) is 18.9 Å². The van der Waals surface area contributed by atoms with E-state index in [-0.39, 0.29) is 17.1 Å². The molecular weight excluding hydrogens is 328 g/mol. The molecule has 0 amide bonds. The fraction of sp³-hybridized carbons (Fsp3) is 0.167. The summed E-state index contributed by atoms with van der Waals surface area (Å²) < 4.78 is 28.3. The van der Waals surface area contributed by atoms with Gasteiger partial charge in [-0.3, -0.25) is 0 Å². The number of hydrogen-bond acceptors (Lipinski definition) is 4. The van der Waals surface area contributed by atoms with Gasteiger partial charge in [-0.05, 0) is 23.3 Å². The topological polar surface area (TPSA) is 80.7 Å². The van der Waals surface area contributed by atoms with E-state index in [1.165, 1.54) is 19.2 Å². The number of carboxylic acid groups (broad SMARTS) is 1. The highest BCUT2D eigenvalue weighted by Crippen LogP contribution is 2.28. The van der Waals surface area contributed by atoms with Crippen molar-refractivity contribution in [2.75, 3.05) is 20.0 Å². The average Bonchev–Trinajstić information content (AvgIpc) is 2.54. The van der Waals surface area contributed by atoms with Crippen LogP contribution < -0.4 is 0 Å². The standard InChI is InChI=1S/C18H18O5S/c1-23-12-16(13-8-10-15(11-9-13)24(2,21)22)17(18(19)20)14-6-4-3-5-7-14/h3-11H,12H2,1-2H3,(H,19,20). The number of rotatable bonds is 6. The number of sulfone groups is 1. The monoisotopic (exact) mass is 346 g/mol. The lowest BCUT2D eigenvalue weighted by Gasteiger charge is -2.13. The molecule has 0 radical (unpaired) electrons. The molecule has 24 heavy (non-hydrogen) atoms. The van der Waals surface area contributed by atoms with Gasteiger partial charge in [-0.15, -0.1) is 0 Å². The second-order valence-corrected chi connectivity index (χ2v) is 7.27. The minimum Gasteiger partial charge on any atom is -0.478 e. The fourth-order valence-electron chi connectivity index (χ4n) is 2.38. The highest BCUT2D eigenvalue weighted by atomic mass is 32.2. The lowest BCUT2D eigenvalue weighted by molar-refractivity contribution is -0.130. The molecule has 0 saturated carbocycles. The summed E-state index contributed by atoms with van der Waals surface area (Å²) in [7, 11) is -1.83. The van der Waals surface area contributed by atoms with Crippen molar-refractivity contribution in [3.8, 4) is 0 Å². The summed E-state index contributed by atoms with van der Waals surface area (Å²) in [6, 6.07) is 14.9. The average molecular weight is 346 g/mol. The maximum Gasteiger partial charge on any atom is 0.336 e. The van der Waals surface area contributed by atoms with E-state index in [1.54, 1.807) is 42.5 Å². The Kier molecular flexibility index (Phi) is 5.54. The predicted octanol–water partition coefficient (Wildman–Crippen LogP) is 2.73. The van der Waals surface area contributed by atoms with E-state index in [1.807, 2.05) is 0 Å². The first-order valence-electron chi connectivity index (χ1n) is 7.16. The van der Waals surface area contributed by atoms with E-state index < -0.39 is 15.8 Å². The quantitative estimate of drug-likeness (QED) is 0.642. The smallest absolute Gasteiger partial charge is 0.336 e. The highest BCUT2D eigenvalue weighted by molar-refractivity contribution is 7.90. The normalized spacial score (nSPS) is 12.6. The zero-order valence-corrected chi connectivity index (χ0v) is 14.2. The number of hydrogen-bond donors (Lipinski definition) is 1. The van der Waals surface area contributed by atoms with E-state index >= 15 is 0 Å². The Balaban J connectivity index is 2.64. The van der Waals surface area contributed by atoms with Crippen LogP contribution in [0.1, 0.15) is 11.1 Å². The molecule has 0 atom stereocenters. The Morgan fingerprint density at radius 1 is 1.00 bits per heavy atom. The van der Waals surface area contributed by atoms with Gasteiger partial charge in [0.2, 0.25) is 0 Å². The summed E-state index contributed by atoms with van der Waals surface area (Å²) in [5.41, 5.74) is 1.77. The van der Waals surface area contributed by atoms with Gasteiger partial charge in [-0.1, -0.05) is 42.5 Å². The van der Waals surface area contributed by atoms with Crippen molar-refractivity contribution in [1.29, 1.82) is 0 Å². The Morgan fingerprint density at radius 3 is 2.04 bits per heavy atom. The van der Waals surface area contributed by atoms with Crippen LogP contribution in [0.4, 0.5) is 0 Å². The molecule has 0 unspecified atom stereocenters. The molecule has 126 valence electrons. The lowest BCUT2D eigenvalue weighted by atomic mass is 9.95. The summed E-state index contributed by atoms with van der Waals surface area (Å²) in [6.45, 7) is 0.0920. The lowest BCUT2D eigenvalue weighted by Crippen LogP contribution is -2.07. The van der Waals surface area contributed by atoms with Gasteiger partial charge < -0.3 is 9.84 Å². The summed E-state index contributed by atoms with van der Waals surface area (Å²) in [5, 5.41) is 9.66. The van der Waals surface area contributed by atoms with Crippen LogP contribution in [-0.4, -0.2) is 39.5 Å². The first-order chi connectivity index (χ1) is 11.3. The number of aliphatic carboxylic acids is 1. The molecule has 0 heterocycles. The summed E-state index contributed by atoms with van der Waals surface area (Å²) in [5.74, 6) is -1.07. The van der Waals surface area contributed by atoms with Gasteiger partial charge in [0.05, 0.1) is 17.1 Å². The first kappa shape index (κ1) is 17.9. The van der Waals surface area contributed by atoms with E-state index in [0.717, 1.165) is 6.26 Å². The second kappa shape index (κ2) is 7.42. The van der Waals surface area contributed by atoms with Crippen molar-refractivity contribution >= 4 is 27.0 Å². The third-order valence-corrected chi connectivity index (χ3v) is 4.63. The van der Waals surface area contributed by atoms with Crippen LogP contribution in [0.5, 0.6) is 0 Å². The zero-order chi connectivity index (χ0) is 17.7. The molecule has 5 nitrogen and oxygen atoms in total. The number of methoxy groups -OCH3 is 1. The molecule has 0 aliphatic rings. The van der Waals surface area contributed by atoms with Crippen LogP contribution in [0.25, 0.3) is 11.1 Å². The molecule has 0 saturated heterocycles. The van der Waals surface area contributed by atoms with E-state index in [9.17, 15) is 18.3 Å². The maximum atomic E-state index is 11.8. The number of ether oxygens (including phenoxy) is 1. The van der Waals surface area contributed by atoms with Crippen molar-refractivity contribution in [3.63, 3.8) is 0 Å². The van der Waals surface area contributed by atoms with Gasteiger partial charge in [0.25, 0.3) is 0 Å². The van der Waals surface area contributed by atoms with Crippen molar-refractivity contribution in [1.82, 2.24) is 0 Å². The van der Waals surface area contributed by atoms with Crippen molar-refractivity contribution in [2.24, 2.45) is 0 Å². The predicted molar refractivity (Wildman–Crippen MR) is 92.3 cm³/mol. The summed E-state index contributed by atoms with van der Waals surface area (Å²) >= 11 is 0. The van der Waals surface area contributed by atoms with E-state index in [4.69, 9.17) is 4.74 Å². The van der Waals surface area contributed by atoms with Gasteiger partial charge >= 0.3 is 5.97 Å². The van der Waals surface area contributed by atoms with Crippen LogP contribution in [0.3, 0.4) is 0 Å². The Bertz CT molecular complexity index is 850. The molecule has 0 bridgehead atoms. The first-order valence-corrected chi connectivity index (χ1v) is 9.05. The molecule has 2 aromatic carbocycles. The van der Waals surface area contributed by atoms with E-state index in [2.05, 4.69) is 0 Å². The van der Waals surface area contributed by atoms with Gasteiger partial charge in [0.15, 0.2) is 9.84 Å². The van der Waals surface area contributed by atoms with Crippen LogP contribution in [0.15, 0.2) is 59.5 Å². The van der Waals surface area contributed by atoms with Crippen LogP contribution in [0, 0.1) is 0 Å². The number of carboxylic acids is 1. The molecule has 2 aromatic rings. The highest BCUT2D eigenvalue weighted by Gasteiger charge is 2.18. The van der Waals surface area contributed by atoms with Crippen LogP contribution in [-0.2, 0) is 19.4 Å². The summed E-state index contributed by atoms with van der Waals surface area (Å²) in [4.78, 5) is 12.0. The Hall–Kier alpha value is -2.44. The maximum absolute atomic E-state index is 11.8. The second-order valence-electron chi connectivity index (χ2n) is 5.25. The molecular formula is C18H18O5S. The van der Waals surface area contributed by atoms with Crippen molar-refractivity contribution in [2.45, 2.75) is 4.90 Å². The third kappa shape index (κ3) is 4.10. The minimum atomic E-state index is -3.31. The molecule has 0 aliphatic carbocycles. The van der Waals surface area contributed by atoms with Crippen molar-refractivity contribution in [3.05, 3.63) is 65.7 Å². The molecule has 1 N–H and O–H groups in total. The molecule has 2 rings (SSSR count). The molecule has 0 aromatic heterocycles. The molecule has 0 fully saturated rings. The Labute approximate surface area is 141 Å². The minimum absolute atomic E-state index is 0.0920. The van der Waals surface area contributed by atoms with Gasteiger partial charge in [0.1, 0.15) is 0 Å². The molecule has 0 spiro atoms. The zero-order valence-electron chi connectivity index (χ0n) is 13.4. The fourth-order valence-corrected chi connectivity index (χ4v) is 3.01. The summed E-state index contributed by atoms with van der Waals surface area (Å²) in [6.07, 6.45) is 1.13. The molecule has 6 heteroatoms. The number of benzene rings is 2. The van der Waals surface area contributed by atoms with Gasteiger partial charge in [-0.25, -0.2) is 13.2 Å². The van der Waals surface area contributed by atoms with Crippen LogP contribution >= 0.6 is 0 Å². The van der Waals surface area contributed by atoms with Crippen LogP contribution in [0.2, 0.25) is 0 Å². The third-order valence-electron chi connectivity index (χ3n) is 3.50. The van der Waals surface area contributed by atoms with Crippen molar-refractivity contribution < 1.29 is 23.1 Å². The Morgan fingerprint density at radius 2 is 1.58 bits per heavy atom. The van der Waals surface area contributed by atoms with Gasteiger partial charge in [-0.2, -0.15) is 0 Å². The molecule has 0 aliphatic heterocycles.